The molecule has 0 bridgehead atoms. The zero-order chi connectivity index (χ0) is 30.9. The van der Waals surface area contributed by atoms with Gasteiger partial charge < -0.3 is 34.2 Å². The standard InChI is InChI=1S/C30H47NO10/c1-7-9-11-16-38-27(34)40-23-14-13-22(19-24(23)41-28(35)39-17-12-10-8-2)20-30(31,26(33)36-6)15-18-37-25(32)21-29(3,4)5/h13-14,19H,7-12,15-18,20-21,31H2,1-6H3/t30-/m1/s1. The van der Waals surface area contributed by atoms with Gasteiger partial charge in [0.05, 0.1) is 33.4 Å². The van der Waals surface area contributed by atoms with Gasteiger partial charge in [-0.25, -0.2) is 9.59 Å². The van der Waals surface area contributed by atoms with Crippen molar-refractivity contribution in [1.29, 1.82) is 0 Å². The number of rotatable bonds is 17. The zero-order valence-corrected chi connectivity index (χ0v) is 25.4. The van der Waals surface area contributed by atoms with Crippen LogP contribution in [0.3, 0.4) is 0 Å². The highest BCUT2D eigenvalue weighted by Gasteiger charge is 2.36. The van der Waals surface area contributed by atoms with Gasteiger partial charge in [0.2, 0.25) is 0 Å². The number of ether oxygens (including phenoxy) is 6. The molecule has 0 amide bonds. The molecular formula is C30H47NO10. The Bertz CT molecular complexity index is 988. The summed E-state index contributed by atoms with van der Waals surface area (Å²) in [6.45, 7) is 10.1. The van der Waals surface area contributed by atoms with E-state index in [0.717, 1.165) is 25.7 Å². The fourth-order valence-corrected chi connectivity index (χ4v) is 3.74. The van der Waals surface area contributed by atoms with Crippen LogP contribution in [0, 0.1) is 5.41 Å². The maximum Gasteiger partial charge on any atom is 0.513 e. The molecule has 1 rings (SSSR count). The Hall–Kier alpha value is -3.34. The van der Waals surface area contributed by atoms with Gasteiger partial charge in [-0.2, -0.15) is 0 Å². The number of methoxy groups -OCH3 is 1. The van der Waals surface area contributed by atoms with E-state index >= 15 is 0 Å². The van der Waals surface area contributed by atoms with Crippen molar-refractivity contribution in [2.45, 2.75) is 97.9 Å². The molecule has 1 atom stereocenters. The molecule has 0 saturated carbocycles. The Kier molecular flexibility index (Phi) is 15.8. The zero-order valence-electron chi connectivity index (χ0n) is 25.4. The van der Waals surface area contributed by atoms with Crippen molar-refractivity contribution in [3.63, 3.8) is 0 Å². The highest BCUT2D eigenvalue weighted by atomic mass is 16.7. The number of carbonyl (C=O) groups is 4. The molecule has 0 aromatic heterocycles. The molecule has 0 unspecified atom stereocenters. The van der Waals surface area contributed by atoms with E-state index in [9.17, 15) is 19.2 Å². The highest BCUT2D eigenvalue weighted by Crippen LogP contribution is 2.31. The number of esters is 2. The van der Waals surface area contributed by atoms with E-state index in [1.54, 1.807) is 6.07 Å². The van der Waals surface area contributed by atoms with E-state index in [1.807, 2.05) is 34.6 Å². The lowest BCUT2D eigenvalue weighted by molar-refractivity contribution is -0.152. The first-order valence-electron chi connectivity index (χ1n) is 14.2. The quantitative estimate of drug-likeness (QED) is 0.102. The van der Waals surface area contributed by atoms with E-state index in [-0.39, 0.29) is 56.0 Å². The molecule has 41 heavy (non-hydrogen) atoms. The van der Waals surface area contributed by atoms with Gasteiger partial charge in [0.1, 0.15) is 5.54 Å². The number of nitrogens with two attached hydrogens (primary N) is 1. The number of unbranched alkanes of at least 4 members (excludes halogenated alkanes) is 4. The molecule has 1 aromatic carbocycles. The SMILES string of the molecule is CCCCCOC(=O)Oc1ccc(C[C@](N)(CCOC(=O)CC(C)(C)C)C(=O)OC)cc1OC(=O)OCCCCC. The summed E-state index contributed by atoms with van der Waals surface area (Å²) in [7, 11) is 1.21. The molecule has 0 heterocycles. The molecular weight excluding hydrogens is 534 g/mol. The molecule has 0 aliphatic heterocycles. The van der Waals surface area contributed by atoms with Crippen LogP contribution in [-0.4, -0.2) is 56.7 Å². The van der Waals surface area contributed by atoms with Crippen LogP contribution in [0.2, 0.25) is 0 Å². The second-order valence-electron chi connectivity index (χ2n) is 11.1. The predicted molar refractivity (Wildman–Crippen MR) is 152 cm³/mol. The molecule has 0 aliphatic carbocycles. The first-order chi connectivity index (χ1) is 19.3. The lowest BCUT2D eigenvalue weighted by Gasteiger charge is -2.27. The molecule has 0 fully saturated rings. The summed E-state index contributed by atoms with van der Waals surface area (Å²) in [6, 6.07) is 4.39. The van der Waals surface area contributed by atoms with Crippen LogP contribution >= 0.6 is 0 Å². The number of benzene rings is 1. The van der Waals surface area contributed by atoms with E-state index < -0.39 is 29.8 Å². The van der Waals surface area contributed by atoms with Gasteiger partial charge in [0.15, 0.2) is 11.5 Å². The van der Waals surface area contributed by atoms with Crippen molar-refractivity contribution >= 4 is 24.2 Å². The summed E-state index contributed by atoms with van der Waals surface area (Å²) in [5, 5.41) is 0. The van der Waals surface area contributed by atoms with Crippen LogP contribution in [-0.2, 0) is 35.0 Å². The monoisotopic (exact) mass is 581 g/mol. The minimum absolute atomic E-state index is 0.0203. The highest BCUT2D eigenvalue weighted by molar-refractivity contribution is 5.81. The fourth-order valence-electron chi connectivity index (χ4n) is 3.74. The lowest BCUT2D eigenvalue weighted by Crippen LogP contribution is -2.51. The van der Waals surface area contributed by atoms with Crippen LogP contribution in [0.25, 0.3) is 0 Å². The molecule has 0 aliphatic rings. The van der Waals surface area contributed by atoms with Gasteiger partial charge in [-0.05, 0) is 36.0 Å². The van der Waals surface area contributed by atoms with E-state index in [4.69, 9.17) is 34.2 Å². The maximum atomic E-state index is 12.7. The smallest absolute Gasteiger partial charge is 0.468 e. The molecule has 232 valence electrons. The third kappa shape index (κ3) is 14.7. The molecule has 0 spiro atoms. The second kappa shape index (κ2) is 18.2. The average Bonchev–Trinajstić information content (AvgIpc) is 2.89. The molecule has 0 radical (unpaired) electrons. The lowest BCUT2D eigenvalue weighted by atomic mass is 9.88. The summed E-state index contributed by atoms with van der Waals surface area (Å²) < 4.78 is 31.1. The van der Waals surface area contributed by atoms with Gasteiger partial charge in [-0.1, -0.05) is 66.4 Å². The van der Waals surface area contributed by atoms with Gasteiger partial charge in [0.25, 0.3) is 0 Å². The van der Waals surface area contributed by atoms with Crippen LogP contribution in [0.1, 0.15) is 91.5 Å². The average molecular weight is 582 g/mol. The fraction of sp³-hybridized carbons (Fsp3) is 0.667. The van der Waals surface area contributed by atoms with Gasteiger partial charge in [-0.3, -0.25) is 9.59 Å². The first kappa shape index (κ1) is 35.7. The number of hydrogen-bond acceptors (Lipinski definition) is 11. The normalized spacial score (nSPS) is 12.6. The summed E-state index contributed by atoms with van der Waals surface area (Å²) in [5.74, 6) is -1.30. The molecule has 0 saturated heterocycles. The van der Waals surface area contributed by atoms with E-state index in [2.05, 4.69) is 0 Å². The Balaban J connectivity index is 3.09. The Labute approximate surface area is 243 Å². The van der Waals surface area contributed by atoms with E-state index in [0.29, 0.717) is 18.4 Å². The van der Waals surface area contributed by atoms with Crippen molar-refractivity contribution in [2.75, 3.05) is 26.9 Å². The summed E-state index contributed by atoms with van der Waals surface area (Å²) >= 11 is 0. The van der Waals surface area contributed by atoms with Gasteiger partial charge in [-0.15, -0.1) is 0 Å². The number of carbonyl (C=O) groups excluding carboxylic acids is 4. The topological polar surface area (TPSA) is 150 Å². The third-order valence-corrected chi connectivity index (χ3v) is 5.93. The molecule has 11 heteroatoms. The van der Waals surface area contributed by atoms with Crippen LogP contribution < -0.4 is 15.2 Å². The third-order valence-electron chi connectivity index (χ3n) is 5.93. The minimum atomic E-state index is -1.56. The van der Waals surface area contributed by atoms with Crippen molar-refractivity contribution < 1.29 is 47.6 Å². The minimum Gasteiger partial charge on any atom is -0.468 e. The Morgan fingerprint density at radius 3 is 1.85 bits per heavy atom. The summed E-state index contributed by atoms with van der Waals surface area (Å²) in [5.41, 5.74) is 5.09. The molecule has 2 N–H and O–H groups in total. The predicted octanol–water partition coefficient (Wildman–Crippen LogP) is 5.88. The van der Waals surface area contributed by atoms with Crippen molar-refractivity contribution in [1.82, 2.24) is 0 Å². The largest absolute Gasteiger partial charge is 0.513 e. The van der Waals surface area contributed by atoms with Crippen LogP contribution in [0.4, 0.5) is 9.59 Å². The first-order valence-corrected chi connectivity index (χ1v) is 14.2. The number of hydrogen-bond donors (Lipinski definition) is 1. The van der Waals surface area contributed by atoms with Gasteiger partial charge >= 0.3 is 24.2 Å². The molecule has 1 aromatic rings. The van der Waals surface area contributed by atoms with Gasteiger partial charge in [0, 0.05) is 12.8 Å². The summed E-state index contributed by atoms with van der Waals surface area (Å²) in [4.78, 5) is 49.4. The Morgan fingerprint density at radius 1 is 0.780 bits per heavy atom. The maximum absolute atomic E-state index is 12.7. The van der Waals surface area contributed by atoms with Crippen LogP contribution in [0.5, 0.6) is 11.5 Å². The second-order valence-corrected chi connectivity index (χ2v) is 11.1. The van der Waals surface area contributed by atoms with Crippen molar-refractivity contribution in [3.8, 4) is 11.5 Å². The summed E-state index contributed by atoms with van der Waals surface area (Å²) in [6.07, 6.45) is 3.28. The van der Waals surface area contributed by atoms with Crippen molar-refractivity contribution in [3.05, 3.63) is 23.8 Å². The Morgan fingerprint density at radius 2 is 1.34 bits per heavy atom. The van der Waals surface area contributed by atoms with E-state index in [1.165, 1.54) is 19.2 Å². The van der Waals surface area contributed by atoms with Crippen LogP contribution in [0.15, 0.2) is 18.2 Å². The van der Waals surface area contributed by atoms with Crippen molar-refractivity contribution in [2.24, 2.45) is 11.1 Å². The molecule has 11 nitrogen and oxygen atoms in total.